The molecule has 0 saturated carbocycles. The topological polar surface area (TPSA) is 3.24 Å². The Balaban J connectivity index is 2.13. The number of unbranched alkanes of at least 4 members (excludes halogenated alkanes) is 4. The van der Waals surface area contributed by atoms with Crippen LogP contribution in [0.25, 0.3) is 0 Å². The van der Waals surface area contributed by atoms with Gasteiger partial charge in [0.1, 0.15) is 0 Å². The summed E-state index contributed by atoms with van der Waals surface area (Å²) in [6, 6.07) is 0. The van der Waals surface area contributed by atoms with Crippen molar-refractivity contribution in [3.8, 4) is 0 Å². The van der Waals surface area contributed by atoms with Crippen LogP contribution in [0.3, 0.4) is 0 Å². The van der Waals surface area contributed by atoms with Gasteiger partial charge in [0.05, 0.1) is 0 Å². The van der Waals surface area contributed by atoms with Crippen LogP contribution < -0.4 is 0 Å². The molecule has 1 heteroatoms. The average Bonchev–Trinajstić information content (AvgIpc) is 2.49. The zero-order valence-electron chi connectivity index (χ0n) is 14.5. The number of hydrogen-bond acceptors (Lipinski definition) is 1. The molecule has 1 saturated heterocycles. The molecule has 1 unspecified atom stereocenters. The Morgan fingerprint density at radius 3 is 2.20 bits per heavy atom. The largest absolute Gasteiger partial charge is 0.303 e. The minimum atomic E-state index is 0.957. The van der Waals surface area contributed by atoms with Gasteiger partial charge in [-0.3, -0.25) is 0 Å². The molecule has 1 atom stereocenters. The normalized spacial score (nSPS) is 19.4. The van der Waals surface area contributed by atoms with Crippen molar-refractivity contribution >= 4 is 0 Å². The third-order valence-electron chi connectivity index (χ3n) is 5.23. The van der Waals surface area contributed by atoms with E-state index in [-0.39, 0.29) is 0 Å². The predicted molar refractivity (Wildman–Crippen MR) is 91.2 cm³/mol. The summed E-state index contributed by atoms with van der Waals surface area (Å²) in [5, 5.41) is 0. The highest BCUT2D eigenvalue weighted by molar-refractivity contribution is 4.74. The van der Waals surface area contributed by atoms with Crippen molar-refractivity contribution in [3.63, 3.8) is 0 Å². The van der Waals surface area contributed by atoms with Crippen LogP contribution in [0.5, 0.6) is 0 Å². The summed E-state index contributed by atoms with van der Waals surface area (Å²) in [5.41, 5.74) is 0. The Hall–Kier alpha value is -0.0400. The molecule has 0 aliphatic carbocycles. The van der Waals surface area contributed by atoms with Gasteiger partial charge in [0.15, 0.2) is 0 Å². The van der Waals surface area contributed by atoms with Crippen LogP contribution in [0.1, 0.15) is 91.4 Å². The average molecular weight is 282 g/mol. The molecule has 1 rings (SSSR count). The fourth-order valence-electron chi connectivity index (χ4n) is 3.60. The second-order valence-electron chi connectivity index (χ2n) is 7.01. The summed E-state index contributed by atoms with van der Waals surface area (Å²) in [5.74, 6) is 2.00. The van der Waals surface area contributed by atoms with Gasteiger partial charge < -0.3 is 4.90 Å². The first-order valence-electron chi connectivity index (χ1n) is 9.52. The van der Waals surface area contributed by atoms with Crippen molar-refractivity contribution in [2.24, 2.45) is 11.8 Å². The van der Waals surface area contributed by atoms with Crippen molar-refractivity contribution in [1.29, 1.82) is 0 Å². The highest BCUT2D eigenvalue weighted by Gasteiger charge is 2.20. The molecule has 0 bridgehead atoms. The lowest BCUT2D eigenvalue weighted by Crippen LogP contribution is -2.37. The van der Waals surface area contributed by atoms with E-state index in [1.165, 1.54) is 90.3 Å². The summed E-state index contributed by atoms with van der Waals surface area (Å²) in [4.78, 5) is 2.76. The van der Waals surface area contributed by atoms with Crippen LogP contribution in [-0.2, 0) is 0 Å². The molecule has 1 fully saturated rings. The minimum Gasteiger partial charge on any atom is -0.303 e. The molecule has 1 nitrogen and oxygen atoms in total. The molecule has 0 aromatic rings. The molecule has 0 radical (unpaired) electrons. The summed E-state index contributed by atoms with van der Waals surface area (Å²) in [6.45, 7) is 11.1. The van der Waals surface area contributed by atoms with Gasteiger partial charge in [-0.2, -0.15) is 0 Å². The van der Waals surface area contributed by atoms with Crippen LogP contribution in [0, 0.1) is 11.8 Å². The highest BCUT2D eigenvalue weighted by Crippen LogP contribution is 2.24. The minimum absolute atomic E-state index is 0.957. The lowest BCUT2D eigenvalue weighted by atomic mass is 9.90. The fraction of sp³-hybridized carbons (Fsp3) is 1.00. The van der Waals surface area contributed by atoms with E-state index in [4.69, 9.17) is 0 Å². The fourth-order valence-corrected chi connectivity index (χ4v) is 3.60. The molecule has 1 heterocycles. The van der Waals surface area contributed by atoms with Crippen molar-refractivity contribution in [1.82, 2.24) is 4.90 Å². The van der Waals surface area contributed by atoms with E-state index < -0.39 is 0 Å². The monoisotopic (exact) mass is 281 g/mol. The molecule has 1 aliphatic heterocycles. The lowest BCUT2D eigenvalue weighted by Gasteiger charge is -2.34. The maximum Gasteiger partial charge on any atom is 0.000956 e. The number of likely N-dealkylation sites (tertiary alicyclic amines) is 1. The Morgan fingerprint density at radius 2 is 1.60 bits per heavy atom. The zero-order chi connectivity index (χ0) is 14.6. The van der Waals surface area contributed by atoms with Crippen molar-refractivity contribution in [2.75, 3.05) is 19.6 Å². The standard InChI is InChI=1S/C19H39N/c1-4-7-9-10-12-18(6-3)17-20-15-13-19(14-16-20)11-8-5-2/h18-19H,4-17H2,1-3H3. The smallest absolute Gasteiger partial charge is 0.000956 e. The van der Waals surface area contributed by atoms with Gasteiger partial charge in [0, 0.05) is 6.54 Å². The second kappa shape index (κ2) is 11.6. The first kappa shape index (κ1) is 18.0. The number of hydrogen-bond donors (Lipinski definition) is 0. The van der Waals surface area contributed by atoms with E-state index in [9.17, 15) is 0 Å². The van der Waals surface area contributed by atoms with Crippen LogP contribution in [0.2, 0.25) is 0 Å². The Labute approximate surface area is 128 Å². The molecule has 120 valence electrons. The van der Waals surface area contributed by atoms with E-state index in [0.29, 0.717) is 0 Å². The molecule has 0 spiro atoms. The van der Waals surface area contributed by atoms with Gasteiger partial charge in [0.2, 0.25) is 0 Å². The Kier molecular flexibility index (Phi) is 10.4. The van der Waals surface area contributed by atoms with Gasteiger partial charge in [-0.1, -0.05) is 72.1 Å². The zero-order valence-corrected chi connectivity index (χ0v) is 14.5. The van der Waals surface area contributed by atoms with Crippen LogP contribution in [-0.4, -0.2) is 24.5 Å². The van der Waals surface area contributed by atoms with Crippen molar-refractivity contribution in [3.05, 3.63) is 0 Å². The number of rotatable bonds is 11. The predicted octanol–water partition coefficient (Wildman–Crippen LogP) is 5.89. The quantitative estimate of drug-likeness (QED) is 0.427. The van der Waals surface area contributed by atoms with E-state index in [1.807, 2.05) is 0 Å². The molecule has 0 N–H and O–H groups in total. The molecule has 0 aromatic carbocycles. The first-order chi connectivity index (χ1) is 9.80. The Morgan fingerprint density at radius 1 is 0.900 bits per heavy atom. The van der Waals surface area contributed by atoms with Crippen LogP contribution in [0.4, 0.5) is 0 Å². The van der Waals surface area contributed by atoms with Crippen molar-refractivity contribution in [2.45, 2.75) is 91.4 Å². The van der Waals surface area contributed by atoms with Gasteiger partial charge in [-0.05, 0) is 44.2 Å². The Bertz CT molecular complexity index is 206. The second-order valence-corrected chi connectivity index (χ2v) is 7.01. The maximum atomic E-state index is 2.76. The summed E-state index contributed by atoms with van der Waals surface area (Å²) < 4.78 is 0. The highest BCUT2D eigenvalue weighted by atomic mass is 15.1. The van der Waals surface area contributed by atoms with Gasteiger partial charge >= 0.3 is 0 Å². The third kappa shape index (κ3) is 7.67. The van der Waals surface area contributed by atoms with E-state index in [1.54, 1.807) is 0 Å². The summed E-state index contributed by atoms with van der Waals surface area (Å²) in [6.07, 6.45) is 15.8. The number of nitrogens with zero attached hydrogens (tertiary/aromatic N) is 1. The van der Waals surface area contributed by atoms with Crippen LogP contribution >= 0.6 is 0 Å². The molecule has 20 heavy (non-hydrogen) atoms. The first-order valence-corrected chi connectivity index (χ1v) is 9.52. The molecule has 0 aromatic heterocycles. The van der Waals surface area contributed by atoms with Gasteiger partial charge in [-0.25, -0.2) is 0 Å². The lowest BCUT2D eigenvalue weighted by molar-refractivity contribution is 0.149. The summed E-state index contributed by atoms with van der Waals surface area (Å²) >= 11 is 0. The van der Waals surface area contributed by atoms with E-state index in [2.05, 4.69) is 25.7 Å². The molecule has 0 amide bonds. The van der Waals surface area contributed by atoms with Crippen molar-refractivity contribution < 1.29 is 0 Å². The van der Waals surface area contributed by atoms with Crippen LogP contribution in [0.15, 0.2) is 0 Å². The molecular weight excluding hydrogens is 242 g/mol. The third-order valence-corrected chi connectivity index (χ3v) is 5.23. The summed E-state index contributed by atoms with van der Waals surface area (Å²) in [7, 11) is 0. The molecule has 1 aliphatic rings. The van der Waals surface area contributed by atoms with E-state index in [0.717, 1.165) is 11.8 Å². The number of piperidine rings is 1. The van der Waals surface area contributed by atoms with Gasteiger partial charge in [-0.15, -0.1) is 0 Å². The maximum absolute atomic E-state index is 2.76. The SMILES string of the molecule is CCCCCCC(CC)CN1CCC(CCCC)CC1. The van der Waals surface area contributed by atoms with Gasteiger partial charge in [0.25, 0.3) is 0 Å². The van der Waals surface area contributed by atoms with E-state index >= 15 is 0 Å². The molecular formula is C19H39N.